The molecule has 1 amide bonds. The van der Waals surface area contributed by atoms with Gasteiger partial charge in [-0.2, -0.15) is 0 Å². The zero-order valence-corrected chi connectivity index (χ0v) is 15.1. The van der Waals surface area contributed by atoms with Crippen molar-refractivity contribution >= 4 is 18.3 Å². The summed E-state index contributed by atoms with van der Waals surface area (Å²) in [4.78, 5) is 12.2. The lowest BCUT2D eigenvalue weighted by Gasteiger charge is -2.25. The number of hydrogen-bond donors (Lipinski definition) is 2. The molecule has 1 aliphatic heterocycles. The Balaban J connectivity index is 0.00000288. The van der Waals surface area contributed by atoms with Crippen LogP contribution in [0.3, 0.4) is 0 Å². The molecule has 1 aliphatic rings. The van der Waals surface area contributed by atoms with Crippen LogP contribution in [0, 0.1) is 23.5 Å². The molecule has 1 fully saturated rings. The van der Waals surface area contributed by atoms with Crippen molar-refractivity contribution in [2.75, 3.05) is 13.1 Å². The van der Waals surface area contributed by atoms with Gasteiger partial charge in [-0.3, -0.25) is 4.79 Å². The van der Waals surface area contributed by atoms with E-state index in [9.17, 15) is 13.6 Å². The summed E-state index contributed by atoms with van der Waals surface area (Å²) in [6.45, 7) is 5.87. The largest absolute Gasteiger partial charge is 0.349 e. The molecule has 2 N–H and O–H groups in total. The standard InChI is InChI=1S/C18H26F2N2O.ClH/c1-12(2)18(15-5-4-14(19)11-16(15)20)22-17(23)6-3-13-7-9-21-10-8-13;/h4-5,11-13,18,21H,3,6-10H2,1-2H3,(H,22,23);1H. The minimum atomic E-state index is -0.609. The monoisotopic (exact) mass is 360 g/mol. The number of hydrogen-bond acceptors (Lipinski definition) is 2. The Morgan fingerprint density at radius 1 is 1.29 bits per heavy atom. The molecule has 0 aromatic heterocycles. The summed E-state index contributed by atoms with van der Waals surface area (Å²) >= 11 is 0. The van der Waals surface area contributed by atoms with E-state index in [0.29, 0.717) is 17.9 Å². The van der Waals surface area contributed by atoms with Crippen molar-refractivity contribution in [2.45, 2.75) is 45.6 Å². The molecule has 1 saturated heterocycles. The Labute approximate surface area is 149 Å². The Morgan fingerprint density at radius 2 is 1.96 bits per heavy atom. The summed E-state index contributed by atoms with van der Waals surface area (Å²) in [5, 5.41) is 6.22. The highest BCUT2D eigenvalue weighted by atomic mass is 35.5. The van der Waals surface area contributed by atoms with Gasteiger partial charge in [0.1, 0.15) is 11.6 Å². The van der Waals surface area contributed by atoms with Gasteiger partial charge < -0.3 is 10.6 Å². The summed E-state index contributed by atoms with van der Waals surface area (Å²) in [6.07, 6.45) is 3.53. The normalized spacial score (nSPS) is 16.5. The van der Waals surface area contributed by atoms with E-state index in [1.54, 1.807) is 0 Å². The van der Waals surface area contributed by atoms with E-state index in [4.69, 9.17) is 0 Å². The number of piperidine rings is 1. The fraction of sp³-hybridized carbons (Fsp3) is 0.611. The number of rotatable bonds is 6. The van der Waals surface area contributed by atoms with E-state index < -0.39 is 17.7 Å². The molecule has 0 radical (unpaired) electrons. The summed E-state index contributed by atoms with van der Waals surface area (Å²) < 4.78 is 27.1. The summed E-state index contributed by atoms with van der Waals surface area (Å²) in [6, 6.07) is 3.08. The maximum atomic E-state index is 14.0. The molecule has 1 aromatic carbocycles. The lowest BCUT2D eigenvalue weighted by Crippen LogP contribution is -2.33. The highest BCUT2D eigenvalue weighted by Gasteiger charge is 2.22. The molecule has 1 aromatic rings. The van der Waals surface area contributed by atoms with E-state index in [1.807, 2.05) is 13.8 Å². The molecule has 1 atom stereocenters. The van der Waals surface area contributed by atoms with Crippen molar-refractivity contribution in [1.82, 2.24) is 10.6 Å². The van der Waals surface area contributed by atoms with Gasteiger partial charge in [-0.15, -0.1) is 12.4 Å². The smallest absolute Gasteiger partial charge is 0.220 e. The number of carbonyl (C=O) groups is 1. The van der Waals surface area contributed by atoms with Crippen LogP contribution in [0.5, 0.6) is 0 Å². The summed E-state index contributed by atoms with van der Waals surface area (Å²) in [7, 11) is 0. The average Bonchev–Trinajstić information content (AvgIpc) is 2.52. The van der Waals surface area contributed by atoms with Crippen LogP contribution in [-0.2, 0) is 4.79 Å². The number of nitrogens with one attached hydrogen (secondary N) is 2. The molecule has 0 bridgehead atoms. The molecule has 1 heterocycles. The van der Waals surface area contributed by atoms with Gasteiger partial charge in [0.2, 0.25) is 5.91 Å². The molecule has 0 aliphatic carbocycles. The minimum absolute atomic E-state index is 0. The van der Waals surface area contributed by atoms with Gasteiger partial charge in [-0.25, -0.2) is 8.78 Å². The molecule has 6 heteroatoms. The van der Waals surface area contributed by atoms with Gasteiger partial charge in [-0.1, -0.05) is 19.9 Å². The van der Waals surface area contributed by atoms with Crippen molar-refractivity contribution in [3.8, 4) is 0 Å². The van der Waals surface area contributed by atoms with E-state index in [-0.39, 0.29) is 24.2 Å². The highest BCUT2D eigenvalue weighted by molar-refractivity contribution is 5.85. The Kier molecular flexibility index (Phi) is 8.63. The molecular formula is C18H27ClF2N2O. The van der Waals surface area contributed by atoms with E-state index in [0.717, 1.165) is 38.4 Å². The lowest BCUT2D eigenvalue weighted by molar-refractivity contribution is -0.122. The van der Waals surface area contributed by atoms with Gasteiger partial charge in [0.25, 0.3) is 0 Å². The molecule has 1 unspecified atom stereocenters. The van der Waals surface area contributed by atoms with Crippen LogP contribution in [0.4, 0.5) is 8.78 Å². The van der Waals surface area contributed by atoms with Gasteiger partial charge in [0.15, 0.2) is 0 Å². The Bertz CT molecular complexity index is 534. The second kappa shape index (κ2) is 9.94. The third-order valence-electron chi connectivity index (χ3n) is 4.52. The topological polar surface area (TPSA) is 41.1 Å². The Hall–Kier alpha value is -1.20. The highest BCUT2D eigenvalue weighted by Crippen LogP contribution is 2.25. The minimum Gasteiger partial charge on any atom is -0.349 e. The van der Waals surface area contributed by atoms with Gasteiger partial charge >= 0.3 is 0 Å². The second-order valence-electron chi connectivity index (χ2n) is 6.69. The third-order valence-corrected chi connectivity index (χ3v) is 4.52. The predicted octanol–water partition coefficient (Wildman–Crippen LogP) is 3.98. The fourth-order valence-corrected chi connectivity index (χ4v) is 3.11. The van der Waals surface area contributed by atoms with Gasteiger partial charge in [0.05, 0.1) is 6.04 Å². The van der Waals surface area contributed by atoms with Crippen molar-refractivity contribution in [3.05, 3.63) is 35.4 Å². The first-order chi connectivity index (χ1) is 11.0. The molecule has 0 saturated carbocycles. The molecular weight excluding hydrogens is 334 g/mol. The van der Waals surface area contributed by atoms with Crippen LogP contribution < -0.4 is 10.6 Å². The van der Waals surface area contributed by atoms with Gasteiger partial charge in [-0.05, 0) is 50.3 Å². The van der Waals surface area contributed by atoms with Crippen molar-refractivity contribution < 1.29 is 13.6 Å². The van der Waals surface area contributed by atoms with Crippen molar-refractivity contribution in [1.29, 1.82) is 0 Å². The molecule has 2 rings (SSSR count). The maximum Gasteiger partial charge on any atom is 0.220 e. The molecule has 0 spiro atoms. The number of benzene rings is 1. The number of halogens is 3. The molecule has 24 heavy (non-hydrogen) atoms. The van der Waals surface area contributed by atoms with Crippen LogP contribution in [0.1, 0.15) is 51.1 Å². The summed E-state index contributed by atoms with van der Waals surface area (Å²) in [5.41, 5.74) is 0.344. The SMILES string of the molecule is CC(C)C(NC(=O)CCC1CCNCC1)c1ccc(F)cc1F.Cl. The predicted molar refractivity (Wildman–Crippen MR) is 94.2 cm³/mol. The molecule has 3 nitrogen and oxygen atoms in total. The van der Waals surface area contributed by atoms with E-state index in [1.165, 1.54) is 12.1 Å². The van der Waals surface area contributed by atoms with Crippen LogP contribution in [0.15, 0.2) is 18.2 Å². The zero-order valence-electron chi connectivity index (χ0n) is 14.3. The first kappa shape index (κ1) is 20.8. The van der Waals surface area contributed by atoms with Crippen LogP contribution in [0.2, 0.25) is 0 Å². The van der Waals surface area contributed by atoms with Crippen LogP contribution in [0.25, 0.3) is 0 Å². The van der Waals surface area contributed by atoms with Crippen molar-refractivity contribution in [3.63, 3.8) is 0 Å². The first-order valence-corrected chi connectivity index (χ1v) is 8.42. The van der Waals surface area contributed by atoms with Crippen LogP contribution in [-0.4, -0.2) is 19.0 Å². The summed E-state index contributed by atoms with van der Waals surface area (Å²) in [5.74, 6) is -0.667. The van der Waals surface area contributed by atoms with Gasteiger partial charge in [0, 0.05) is 18.1 Å². The third kappa shape index (κ3) is 6.02. The number of carbonyl (C=O) groups excluding carboxylic acids is 1. The fourth-order valence-electron chi connectivity index (χ4n) is 3.11. The van der Waals surface area contributed by atoms with E-state index in [2.05, 4.69) is 10.6 Å². The average molecular weight is 361 g/mol. The van der Waals surface area contributed by atoms with E-state index >= 15 is 0 Å². The van der Waals surface area contributed by atoms with Crippen molar-refractivity contribution in [2.24, 2.45) is 11.8 Å². The second-order valence-corrected chi connectivity index (χ2v) is 6.69. The zero-order chi connectivity index (χ0) is 16.8. The van der Waals surface area contributed by atoms with Crippen LogP contribution >= 0.6 is 12.4 Å². The molecule has 136 valence electrons. The quantitative estimate of drug-likeness (QED) is 0.805. The Morgan fingerprint density at radius 3 is 2.54 bits per heavy atom. The number of amides is 1. The first-order valence-electron chi connectivity index (χ1n) is 8.42. The maximum absolute atomic E-state index is 14.0. The lowest BCUT2D eigenvalue weighted by atomic mass is 9.92.